The predicted molar refractivity (Wildman–Crippen MR) is 81.0 cm³/mol. The van der Waals surface area contributed by atoms with Gasteiger partial charge in [0.25, 0.3) is 0 Å². The molecule has 0 aliphatic heterocycles. The Bertz CT molecular complexity index is 743. The average Bonchev–Trinajstić information content (AvgIpc) is 2.40. The van der Waals surface area contributed by atoms with E-state index in [1.165, 1.54) is 12.1 Å². The van der Waals surface area contributed by atoms with Crippen molar-refractivity contribution in [3.63, 3.8) is 0 Å². The SMILES string of the molecule is Cc1ccc(C(C)Nc2ccc(S(N)(=O)=O)cc2F)cc1. The van der Waals surface area contributed by atoms with Gasteiger partial charge in [0, 0.05) is 6.04 Å². The van der Waals surface area contributed by atoms with Crippen LogP contribution in [0.3, 0.4) is 0 Å². The van der Waals surface area contributed by atoms with Crippen molar-refractivity contribution in [3.8, 4) is 0 Å². The fourth-order valence-corrected chi connectivity index (χ4v) is 2.49. The molecule has 0 radical (unpaired) electrons. The second-order valence-electron chi connectivity index (χ2n) is 4.96. The van der Waals surface area contributed by atoms with Crippen molar-refractivity contribution in [2.24, 2.45) is 5.14 Å². The van der Waals surface area contributed by atoms with Crippen molar-refractivity contribution in [1.82, 2.24) is 0 Å². The lowest BCUT2D eigenvalue weighted by atomic mass is 10.1. The van der Waals surface area contributed by atoms with Crippen molar-refractivity contribution in [2.75, 3.05) is 5.32 Å². The number of hydrogen-bond donors (Lipinski definition) is 2. The molecule has 21 heavy (non-hydrogen) atoms. The second kappa shape index (κ2) is 5.83. The molecule has 3 N–H and O–H groups in total. The molecule has 0 aliphatic rings. The van der Waals surface area contributed by atoms with Gasteiger partial charge < -0.3 is 5.32 Å². The zero-order valence-corrected chi connectivity index (χ0v) is 12.6. The molecular weight excluding hydrogens is 291 g/mol. The van der Waals surface area contributed by atoms with E-state index in [1.54, 1.807) is 0 Å². The normalized spacial score (nSPS) is 13.0. The van der Waals surface area contributed by atoms with E-state index in [4.69, 9.17) is 5.14 Å². The topological polar surface area (TPSA) is 72.2 Å². The Morgan fingerprint density at radius 2 is 1.76 bits per heavy atom. The summed E-state index contributed by atoms with van der Waals surface area (Å²) in [5.41, 5.74) is 2.39. The summed E-state index contributed by atoms with van der Waals surface area (Å²) in [7, 11) is -3.90. The number of anilines is 1. The lowest BCUT2D eigenvalue weighted by Gasteiger charge is -2.16. The van der Waals surface area contributed by atoms with E-state index >= 15 is 0 Å². The van der Waals surface area contributed by atoms with Crippen LogP contribution < -0.4 is 10.5 Å². The van der Waals surface area contributed by atoms with Gasteiger partial charge in [-0.1, -0.05) is 29.8 Å². The maximum Gasteiger partial charge on any atom is 0.238 e. The molecule has 2 aromatic rings. The third-order valence-corrected chi connectivity index (χ3v) is 4.13. The number of primary sulfonamides is 1. The first-order valence-corrected chi connectivity index (χ1v) is 7.97. The van der Waals surface area contributed by atoms with Gasteiger partial charge in [0.1, 0.15) is 5.82 Å². The maximum absolute atomic E-state index is 13.9. The predicted octanol–water partition coefficient (Wildman–Crippen LogP) is 2.95. The minimum atomic E-state index is -3.90. The van der Waals surface area contributed by atoms with Crippen LogP contribution in [0.2, 0.25) is 0 Å². The van der Waals surface area contributed by atoms with Gasteiger partial charge in [0.2, 0.25) is 10.0 Å². The van der Waals surface area contributed by atoms with Gasteiger partial charge in [0.05, 0.1) is 10.6 Å². The molecule has 0 fully saturated rings. The Labute approximate surface area is 123 Å². The van der Waals surface area contributed by atoms with E-state index in [0.717, 1.165) is 17.2 Å². The van der Waals surface area contributed by atoms with Gasteiger partial charge >= 0.3 is 0 Å². The highest BCUT2D eigenvalue weighted by Gasteiger charge is 2.13. The lowest BCUT2D eigenvalue weighted by Crippen LogP contribution is -2.13. The summed E-state index contributed by atoms with van der Waals surface area (Å²) in [5.74, 6) is -0.652. The maximum atomic E-state index is 13.9. The smallest absolute Gasteiger partial charge is 0.238 e. The Kier molecular flexibility index (Phi) is 4.29. The minimum Gasteiger partial charge on any atom is -0.376 e. The summed E-state index contributed by atoms with van der Waals surface area (Å²) in [5, 5.41) is 7.98. The first-order chi connectivity index (χ1) is 9.77. The molecule has 0 aliphatic carbocycles. The summed E-state index contributed by atoms with van der Waals surface area (Å²) in [6.45, 7) is 3.89. The van der Waals surface area contributed by atoms with Crippen LogP contribution in [-0.2, 0) is 10.0 Å². The van der Waals surface area contributed by atoms with Gasteiger partial charge in [-0.15, -0.1) is 0 Å². The highest BCUT2D eigenvalue weighted by molar-refractivity contribution is 7.89. The molecule has 6 heteroatoms. The van der Waals surface area contributed by atoms with Crippen LogP contribution in [0.25, 0.3) is 0 Å². The quantitative estimate of drug-likeness (QED) is 0.912. The number of rotatable bonds is 4. The lowest BCUT2D eigenvalue weighted by molar-refractivity contribution is 0.592. The van der Waals surface area contributed by atoms with Crippen molar-refractivity contribution in [1.29, 1.82) is 0 Å². The molecule has 0 bridgehead atoms. The molecule has 4 nitrogen and oxygen atoms in total. The Hall–Kier alpha value is -1.92. The van der Waals surface area contributed by atoms with Crippen LogP contribution in [0.1, 0.15) is 24.1 Å². The summed E-state index contributed by atoms with van der Waals surface area (Å²) in [4.78, 5) is -0.242. The number of halogens is 1. The average molecular weight is 308 g/mol. The number of sulfonamides is 1. The molecule has 112 valence electrons. The van der Waals surface area contributed by atoms with Gasteiger partial charge in [-0.2, -0.15) is 0 Å². The van der Waals surface area contributed by atoms with Crippen LogP contribution in [0.15, 0.2) is 47.4 Å². The van der Waals surface area contributed by atoms with Crippen molar-refractivity contribution >= 4 is 15.7 Å². The molecule has 2 aromatic carbocycles. The van der Waals surface area contributed by atoms with E-state index in [-0.39, 0.29) is 16.6 Å². The highest BCUT2D eigenvalue weighted by atomic mass is 32.2. The highest BCUT2D eigenvalue weighted by Crippen LogP contribution is 2.23. The monoisotopic (exact) mass is 308 g/mol. The summed E-state index contributed by atoms with van der Waals surface area (Å²) >= 11 is 0. The molecule has 0 saturated heterocycles. The molecule has 0 heterocycles. The van der Waals surface area contributed by atoms with Gasteiger partial charge in [-0.05, 0) is 37.6 Å². The van der Waals surface area contributed by atoms with Crippen molar-refractivity contribution in [3.05, 3.63) is 59.4 Å². The van der Waals surface area contributed by atoms with Gasteiger partial charge in [-0.3, -0.25) is 0 Å². The summed E-state index contributed by atoms with van der Waals surface area (Å²) in [6.07, 6.45) is 0. The molecule has 2 rings (SSSR count). The largest absolute Gasteiger partial charge is 0.376 e. The van der Waals surface area contributed by atoms with Crippen LogP contribution >= 0.6 is 0 Å². The number of nitrogens with one attached hydrogen (secondary N) is 1. The molecule has 1 atom stereocenters. The minimum absolute atomic E-state index is 0.111. The molecular formula is C15H17FN2O2S. The summed E-state index contributed by atoms with van der Waals surface area (Å²) in [6, 6.07) is 11.3. The number of aryl methyl sites for hydroxylation is 1. The van der Waals surface area contributed by atoms with Crippen molar-refractivity contribution < 1.29 is 12.8 Å². The molecule has 0 saturated carbocycles. The molecule has 0 amide bonds. The van der Waals surface area contributed by atoms with E-state index in [9.17, 15) is 12.8 Å². The number of hydrogen-bond acceptors (Lipinski definition) is 3. The molecule has 0 spiro atoms. The Morgan fingerprint density at radius 3 is 2.29 bits per heavy atom. The van der Waals surface area contributed by atoms with Crippen LogP contribution in [-0.4, -0.2) is 8.42 Å². The fraction of sp³-hybridized carbons (Fsp3) is 0.200. The molecule has 1 unspecified atom stereocenters. The van der Waals surface area contributed by atoms with E-state index < -0.39 is 15.8 Å². The van der Waals surface area contributed by atoms with E-state index in [1.807, 2.05) is 38.1 Å². The van der Waals surface area contributed by atoms with Gasteiger partial charge in [0.15, 0.2) is 0 Å². The van der Waals surface area contributed by atoms with E-state index in [0.29, 0.717) is 0 Å². The second-order valence-corrected chi connectivity index (χ2v) is 6.52. The fourth-order valence-electron chi connectivity index (χ4n) is 1.96. The van der Waals surface area contributed by atoms with Crippen LogP contribution in [0, 0.1) is 12.7 Å². The Morgan fingerprint density at radius 1 is 1.14 bits per heavy atom. The van der Waals surface area contributed by atoms with E-state index in [2.05, 4.69) is 5.32 Å². The standard InChI is InChI=1S/C15H17FN2O2S/c1-10-3-5-12(6-4-10)11(2)18-15-8-7-13(9-14(15)16)21(17,19)20/h3-9,11,18H,1-2H3,(H2,17,19,20). The van der Waals surface area contributed by atoms with Gasteiger partial charge in [-0.25, -0.2) is 17.9 Å². The molecule has 0 aromatic heterocycles. The Balaban J connectivity index is 2.22. The van der Waals surface area contributed by atoms with Crippen LogP contribution in [0.4, 0.5) is 10.1 Å². The number of nitrogens with two attached hydrogens (primary N) is 1. The summed E-state index contributed by atoms with van der Waals surface area (Å²) < 4.78 is 36.3. The zero-order valence-electron chi connectivity index (χ0n) is 11.8. The first kappa shape index (κ1) is 15.5. The number of benzene rings is 2. The third-order valence-electron chi connectivity index (χ3n) is 3.22. The van der Waals surface area contributed by atoms with Crippen LogP contribution in [0.5, 0.6) is 0 Å². The third kappa shape index (κ3) is 3.80. The first-order valence-electron chi connectivity index (χ1n) is 6.43. The zero-order chi connectivity index (χ0) is 15.6. The van der Waals surface area contributed by atoms with Crippen molar-refractivity contribution in [2.45, 2.75) is 24.8 Å².